The number of aliphatic hydroxyl groups is 1. The number of benzene rings is 1. The van der Waals surface area contributed by atoms with E-state index in [1.807, 2.05) is 0 Å². The normalized spacial score (nSPS) is 18.4. The van der Waals surface area contributed by atoms with E-state index in [4.69, 9.17) is 0 Å². The van der Waals surface area contributed by atoms with E-state index in [0.717, 1.165) is 56.5 Å². The second kappa shape index (κ2) is 7.10. The summed E-state index contributed by atoms with van der Waals surface area (Å²) in [5, 5.41) is 15.0. The second-order valence-electron chi connectivity index (χ2n) is 7.25. The molecule has 0 amide bonds. The van der Waals surface area contributed by atoms with Crippen LogP contribution in [0.2, 0.25) is 0 Å². The Morgan fingerprint density at radius 2 is 1.84 bits per heavy atom. The Bertz CT molecular complexity index is 815. The second-order valence-corrected chi connectivity index (χ2v) is 7.25. The molecule has 5 heteroatoms. The van der Waals surface area contributed by atoms with Gasteiger partial charge in [-0.2, -0.15) is 5.10 Å². The van der Waals surface area contributed by atoms with Gasteiger partial charge in [0, 0.05) is 25.7 Å². The molecule has 1 N–H and O–H groups in total. The first-order valence-electron chi connectivity index (χ1n) is 9.26. The Hall–Kier alpha value is -1.98. The van der Waals surface area contributed by atoms with Gasteiger partial charge in [0.15, 0.2) is 0 Å². The van der Waals surface area contributed by atoms with Gasteiger partial charge in [-0.1, -0.05) is 24.3 Å². The van der Waals surface area contributed by atoms with E-state index in [1.54, 1.807) is 6.07 Å². The summed E-state index contributed by atoms with van der Waals surface area (Å²) < 4.78 is 1.45. The molecule has 1 aliphatic heterocycles. The van der Waals surface area contributed by atoms with Crippen molar-refractivity contribution in [2.45, 2.75) is 51.3 Å². The molecule has 2 aliphatic rings. The number of hydrogen-bond donors (Lipinski definition) is 1. The van der Waals surface area contributed by atoms with Crippen LogP contribution in [-0.2, 0) is 32.4 Å². The van der Waals surface area contributed by atoms with Crippen LogP contribution >= 0.6 is 0 Å². The van der Waals surface area contributed by atoms with E-state index in [-0.39, 0.29) is 12.1 Å². The molecule has 1 unspecified atom stereocenters. The largest absolute Gasteiger partial charge is 0.390 e. The Labute approximate surface area is 147 Å². The van der Waals surface area contributed by atoms with Crippen molar-refractivity contribution < 1.29 is 5.11 Å². The lowest BCUT2D eigenvalue weighted by molar-refractivity contribution is 0.0873. The number of β-amino-alcohol motifs (C(OH)–C–C–N with tert-alkyl or cyclic N) is 1. The fraction of sp³-hybridized carbons (Fsp3) is 0.500. The zero-order valence-corrected chi connectivity index (χ0v) is 14.5. The first-order valence-corrected chi connectivity index (χ1v) is 9.26. The summed E-state index contributed by atoms with van der Waals surface area (Å²) >= 11 is 0. The third-order valence-electron chi connectivity index (χ3n) is 5.34. The van der Waals surface area contributed by atoms with Crippen molar-refractivity contribution >= 4 is 0 Å². The molecule has 0 fully saturated rings. The first-order chi connectivity index (χ1) is 12.2. The van der Waals surface area contributed by atoms with E-state index >= 15 is 0 Å². The van der Waals surface area contributed by atoms with Crippen LogP contribution in [0.25, 0.3) is 0 Å². The maximum Gasteiger partial charge on any atom is 0.267 e. The summed E-state index contributed by atoms with van der Waals surface area (Å²) in [6.07, 6.45) is 4.59. The standard InChI is InChI=1S/C20H25N3O2/c24-18(13-22-10-9-15-5-1-2-7-17(15)12-22)14-23-20(25)11-16-6-3-4-8-19(16)21-23/h1-2,5,7,11,18,24H,3-4,6,8-10,12-14H2. The number of rotatable bonds is 4. The van der Waals surface area contributed by atoms with Crippen molar-refractivity contribution in [2.75, 3.05) is 13.1 Å². The van der Waals surface area contributed by atoms with Crippen molar-refractivity contribution in [3.05, 3.63) is 63.1 Å². The van der Waals surface area contributed by atoms with Crippen LogP contribution in [0.3, 0.4) is 0 Å². The Morgan fingerprint density at radius 1 is 1.04 bits per heavy atom. The lowest BCUT2D eigenvalue weighted by Gasteiger charge is -2.30. The van der Waals surface area contributed by atoms with Crippen LogP contribution in [0.5, 0.6) is 0 Å². The number of fused-ring (bicyclic) bond motifs is 2. The third-order valence-corrected chi connectivity index (χ3v) is 5.34. The van der Waals surface area contributed by atoms with Gasteiger partial charge in [0.05, 0.1) is 18.3 Å². The molecule has 0 saturated carbocycles. The van der Waals surface area contributed by atoms with E-state index in [9.17, 15) is 9.90 Å². The fourth-order valence-electron chi connectivity index (χ4n) is 4.00. The van der Waals surface area contributed by atoms with Crippen LogP contribution in [0.15, 0.2) is 35.1 Å². The van der Waals surface area contributed by atoms with Gasteiger partial charge in [0.25, 0.3) is 5.56 Å². The number of hydrogen-bond acceptors (Lipinski definition) is 4. The average molecular weight is 339 g/mol. The van der Waals surface area contributed by atoms with Crippen molar-refractivity contribution in [2.24, 2.45) is 0 Å². The summed E-state index contributed by atoms with van der Waals surface area (Å²) in [6, 6.07) is 10.2. The Kier molecular flexibility index (Phi) is 4.68. The SMILES string of the molecule is O=c1cc2c(nn1CC(O)CN1CCc3ccccc3C1)CCCC2. The monoisotopic (exact) mass is 339 g/mol. The van der Waals surface area contributed by atoms with Gasteiger partial charge in [0.1, 0.15) is 0 Å². The number of nitrogens with zero attached hydrogens (tertiary/aromatic N) is 3. The fourth-order valence-corrected chi connectivity index (χ4v) is 4.00. The summed E-state index contributed by atoms with van der Waals surface area (Å²) in [5.74, 6) is 0. The summed E-state index contributed by atoms with van der Waals surface area (Å²) in [4.78, 5) is 14.5. The minimum Gasteiger partial charge on any atom is -0.390 e. The molecule has 132 valence electrons. The molecular weight excluding hydrogens is 314 g/mol. The topological polar surface area (TPSA) is 58.4 Å². The molecule has 1 aromatic heterocycles. The zero-order chi connectivity index (χ0) is 17.2. The number of aliphatic hydroxyl groups excluding tert-OH is 1. The first kappa shape index (κ1) is 16.5. The van der Waals surface area contributed by atoms with Crippen molar-refractivity contribution in [1.82, 2.24) is 14.7 Å². The van der Waals surface area contributed by atoms with Gasteiger partial charge in [-0.15, -0.1) is 0 Å². The van der Waals surface area contributed by atoms with E-state index in [2.05, 4.69) is 34.3 Å². The van der Waals surface area contributed by atoms with Gasteiger partial charge in [-0.3, -0.25) is 9.69 Å². The summed E-state index contributed by atoms with van der Waals surface area (Å²) in [7, 11) is 0. The maximum absolute atomic E-state index is 12.3. The molecule has 1 aliphatic carbocycles. The molecule has 5 nitrogen and oxygen atoms in total. The molecule has 0 spiro atoms. The molecule has 1 atom stereocenters. The Morgan fingerprint density at radius 3 is 2.72 bits per heavy atom. The van der Waals surface area contributed by atoms with Gasteiger partial charge >= 0.3 is 0 Å². The minimum atomic E-state index is -0.586. The predicted molar refractivity (Wildman–Crippen MR) is 96.6 cm³/mol. The van der Waals surface area contributed by atoms with Crippen LogP contribution in [0, 0.1) is 0 Å². The molecule has 2 aromatic rings. The van der Waals surface area contributed by atoms with Gasteiger partial charge < -0.3 is 5.11 Å². The lowest BCUT2D eigenvalue weighted by atomic mass is 9.97. The predicted octanol–water partition coefficient (Wildman–Crippen LogP) is 1.54. The molecular formula is C20H25N3O2. The molecule has 0 bridgehead atoms. The van der Waals surface area contributed by atoms with Crippen molar-refractivity contribution in [1.29, 1.82) is 0 Å². The van der Waals surface area contributed by atoms with Gasteiger partial charge in [-0.05, 0) is 48.8 Å². The summed E-state index contributed by atoms with van der Waals surface area (Å²) in [6.45, 7) is 2.64. The van der Waals surface area contributed by atoms with E-state index in [1.165, 1.54) is 15.8 Å². The maximum atomic E-state index is 12.3. The molecule has 25 heavy (non-hydrogen) atoms. The highest BCUT2D eigenvalue weighted by molar-refractivity contribution is 5.29. The molecule has 4 rings (SSSR count). The minimum absolute atomic E-state index is 0.0938. The molecule has 0 radical (unpaired) electrons. The number of aromatic nitrogens is 2. The lowest BCUT2D eigenvalue weighted by Crippen LogP contribution is -2.40. The highest BCUT2D eigenvalue weighted by Crippen LogP contribution is 2.19. The van der Waals surface area contributed by atoms with Crippen molar-refractivity contribution in [3.63, 3.8) is 0 Å². The Balaban J connectivity index is 1.41. The van der Waals surface area contributed by atoms with E-state index < -0.39 is 6.10 Å². The molecule has 0 saturated heterocycles. The molecule has 1 aromatic carbocycles. The van der Waals surface area contributed by atoms with Crippen LogP contribution < -0.4 is 5.56 Å². The smallest absolute Gasteiger partial charge is 0.267 e. The highest BCUT2D eigenvalue weighted by atomic mass is 16.3. The van der Waals surface area contributed by atoms with Crippen LogP contribution in [0.1, 0.15) is 35.2 Å². The van der Waals surface area contributed by atoms with Gasteiger partial charge in [-0.25, -0.2) is 4.68 Å². The zero-order valence-electron chi connectivity index (χ0n) is 14.5. The van der Waals surface area contributed by atoms with E-state index in [0.29, 0.717) is 6.54 Å². The van der Waals surface area contributed by atoms with Gasteiger partial charge in [0.2, 0.25) is 0 Å². The van der Waals surface area contributed by atoms with Crippen molar-refractivity contribution in [3.8, 4) is 0 Å². The molecule has 2 heterocycles. The average Bonchev–Trinajstić information content (AvgIpc) is 2.62. The quantitative estimate of drug-likeness (QED) is 0.918. The highest BCUT2D eigenvalue weighted by Gasteiger charge is 2.20. The number of aryl methyl sites for hydroxylation is 2. The third kappa shape index (κ3) is 3.67. The summed E-state index contributed by atoms with van der Waals surface area (Å²) in [5.41, 5.74) is 4.77. The van der Waals surface area contributed by atoms with Crippen LogP contribution in [-0.4, -0.2) is 39.0 Å². The van der Waals surface area contributed by atoms with Crippen LogP contribution in [0.4, 0.5) is 0 Å².